The SMILES string of the molecule is CC1CCC(OI)CC1. The van der Waals surface area contributed by atoms with E-state index in [1.54, 1.807) is 0 Å². The Labute approximate surface area is 70.9 Å². The van der Waals surface area contributed by atoms with Crippen LogP contribution in [-0.4, -0.2) is 6.10 Å². The average Bonchev–Trinajstić information content (AvgIpc) is 1.90. The Kier molecular flexibility index (Phi) is 3.26. The molecule has 0 radical (unpaired) electrons. The molecular formula is C7H13IO. The smallest absolute Gasteiger partial charge is 0.110 e. The Morgan fingerprint density at radius 3 is 2.22 bits per heavy atom. The van der Waals surface area contributed by atoms with Gasteiger partial charge in [-0.15, -0.1) is 0 Å². The Bertz CT molecular complexity index is 77.0. The molecule has 1 aliphatic carbocycles. The van der Waals surface area contributed by atoms with Crippen LogP contribution in [0.1, 0.15) is 32.6 Å². The second-order valence-electron chi connectivity index (χ2n) is 2.97. The van der Waals surface area contributed by atoms with Crippen molar-refractivity contribution in [3.8, 4) is 0 Å². The molecule has 0 amide bonds. The Balaban J connectivity index is 2.18. The Morgan fingerprint density at radius 1 is 1.22 bits per heavy atom. The lowest BCUT2D eigenvalue weighted by molar-refractivity contribution is 0.186. The summed E-state index contributed by atoms with van der Waals surface area (Å²) in [7, 11) is 0. The van der Waals surface area contributed by atoms with Crippen LogP contribution < -0.4 is 0 Å². The van der Waals surface area contributed by atoms with Crippen LogP contribution in [0.25, 0.3) is 0 Å². The van der Waals surface area contributed by atoms with Crippen molar-refractivity contribution in [1.82, 2.24) is 0 Å². The molecule has 0 atom stereocenters. The molecule has 1 aliphatic rings. The molecule has 0 unspecified atom stereocenters. The van der Waals surface area contributed by atoms with E-state index in [1.165, 1.54) is 25.7 Å². The molecule has 1 nitrogen and oxygen atoms in total. The molecule has 1 rings (SSSR count). The molecule has 0 aromatic heterocycles. The highest BCUT2D eigenvalue weighted by atomic mass is 127. The minimum Gasteiger partial charge on any atom is -0.312 e. The maximum atomic E-state index is 5.21. The third-order valence-corrected chi connectivity index (χ3v) is 2.81. The molecule has 0 bridgehead atoms. The van der Waals surface area contributed by atoms with Gasteiger partial charge in [0, 0.05) is 0 Å². The molecule has 2 heteroatoms. The van der Waals surface area contributed by atoms with Gasteiger partial charge in [-0.1, -0.05) is 6.92 Å². The highest BCUT2D eigenvalue weighted by molar-refractivity contribution is 14.1. The summed E-state index contributed by atoms with van der Waals surface area (Å²) in [6.07, 6.45) is 5.80. The van der Waals surface area contributed by atoms with Crippen LogP contribution in [0.15, 0.2) is 0 Å². The van der Waals surface area contributed by atoms with Gasteiger partial charge in [-0.25, -0.2) is 0 Å². The lowest BCUT2D eigenvalue weighted by atomic mass is 9.89. The summed E-state index contributed by atoms with van der Waals surface area (Å²) in [5.74, 6) is 0.938. The minimum absolute atomic E-state index is 0.557. The van der Waals surface area contributed by atoms with Crippen LogP contribution in [0, 0.1) is 5.92 Å². The van der Waals surface area contributed by atoms with Gasteiger partial charge in [0.2, 0.25) is 0 Å². The summed E-state index contributed by atoms with van der Waals surface area (Å²) in [6, 6.07) is 0. The van der Waals surface area contributed by atoms with Gasteiger partial charge in [0.15, 0.2) is 0 Å². The highest BCUT2D eigenvalue weighted by Gasteiger charge is 2.17. The maximum Gasteiger partial charge on any atom is 0.110 e. The van der Waals surface area contributed by atoms with E-state index in [0.29, 0.717) is 6.10 Å². The van der Waals surface area contributed by atoms with Crippen molar-refractivity contribution in [3.05, 3.63) is 0 Å². The van der Waals surface area contributed by atoms with Gasteiger partial charge < -0.3 is 3.07 Å². The summed E-state index contributed by atoms with van der Waals surface area (Å²) in [4.78, 5) is 0. The van der Waals surface area contributed by atoms with E-state index in [9.17, 15) is 0 Å². The fourth-order valence-electron chi connectivity index (χ4n) is 1.32. The van der Waals surface area contributed by atoms with E-state index >= 15 is 0 Å². The molecule has 1 saturated carbocycles. The topological polar surface area (TPSA) is 9.23 Å². The summed E-state index contributed by atoms with van der Waals surface area (Å²) in [6.45, 7) is 2.32. The molecule has 9 heavy (non-hydrogen) atoms. The van der Waals surface area contributed by atoms with Crippen molar-refractivity contribution in [1.29, 1.82) is 0 Å². The predicted octanol–water partition coefficient (Wildman–Crippen LogP) is 2.93. The van der Waals surface area contributed by atoms with E-state index < -0.39 is 0 Å². The van der Waals surface area contributed by atoms with E-state index in [2.05, 4.69) is 6.92 Å². The van der Waals surface area contributed by atoms with E-state index in [-0.39, 0.29) is 0 Å². The summed E-state index contributed by atoms with van der Waals surface area (Å²) >= 11 is 2.01. The van der Waals surface area contributed by atoms with E-state index in [4.69, 9.17) is 3.07 Å². The molecule has 0 heterocycles. The zero-order valence-electron chi connectivity index (χ0n) is 5.77. The molecule has 0 aromatic carbocycles. The van der Waals surface area contributed by atoms with Crippen molar-refractivity contribution in [2.45, 2.75) is 38.7 Å². The zero-order valence-corrected chi connectivity index (χ0v) is 7.93. The van der Waals surface area contributed by atoms with Crippen LogP contribution in [-0.2, 0) is 3.07 Å². The lowest BCUT2D eigenvalue weighted by Crippen LogP contribution is -2.16. The number of rotatable bonds is 1. The quantitative estimate of drug-likeness (QED) is 0.640. The monoisotopic (exact) mass is 240 g/mol. The molecule has 54 valence electrons. The first kappa shape index (κ1) is 7.79. The summed E-state index contributed by atoms with van der Waals surface area (Å²) in [5.41, 5.74) is 0. The maximum absolute atomic E-state index is 5.21. The zero-order chi connectivity index (χ0) is 6.69. The minimum atomic E-state index is 0.557. The van der Waals surface area contributed by atoms with Gasteiger partial charge in [-0.3, -0.25) is 0 Å². The van der Waals surface area contributed by atoms with Crippen LogP contribution >= 0.6 is 23.0 Å². The van der Waals surface area contributed by atoms with E-state index in [0.717, 1.165) is 5.92 Å². The average molecular weight is 240 g/mol. The summed E-state index contributed by atoms with van der Waals surface area (Å²) in [5, 5.41) is 0. The van der Waals surface area contributed by atoms with Crippen molar-refractivity contribution in [2.24, 2.45) is 5.92 Å². The van der Waals surface area contributed by atoms with Crippen LogP contribution in [0.4, 0.5) is 0 Å². The van der Waals surface area contributed by atoms with Gasteiger partial charge in [-0.05, 0) is 31.6 Å². The van der Waals surface area contributed by atoms with Gasteiger partial charge in [0.25, 0.3) is 0 Å². The molecular weight excluding hydrogens is 227 g/mol. The lowest BCUT2D eigenvalue weighted by Gasteiger charge is -2.23. The molecule has 0 saturated heterocycles. The van der Waals surface area contributed by atoms with Gasteiger partial charge in [-0.2, -0.15) is 0 Å². The second-order valence-corrected chi connectivity index (χ2v) is 3.48. The van der Waals surface area contributed by atoms with Crippen LogP contribution in [0.5, 0.6) is 0 Å². The standard InChI is InChI=1S/C7H13IO/c1-6-2-4-7(9-8)5-3-6/h6-7H,2-5H2,1H3. The van der Waals surface area contributed by atoms with Gasteiger partial charge in [0.1, 0.15) is 23.0 Å². The Morgan fingerprint density at radius 2 is 1.78 bits per heavy atom. The highest BCUT2D eigenvalue weighted by Crippen LogP contribution is 2.26. The molecule has 1 fully saturated rings. The van der Waals surface area contributed by atoms with Crippen LogP contribution in [0.2, 0.25) is 0 Å². The normalized spacial score (nSPS) is 36.7. The first-order valence-corrected chi connectivity index (χ1v) is 4.48. The van der Waals surface area contributed by atoms with Gasteiger partial charge >= 0.3 is 0 Å². The Hall–Kier alpha value is 0.690. The second kappa shape index (κ2) is 3.76. The predicted molar refractivity (Wildman–Crippen MR) is 46.5 cm³/mol. The van der Waals surface area contributed by atoms with Crippen molar-refractivity contribution in [2.75, 3.05) is 0 Å². The van der Waals surface area contributed by atoms with Gasteiger partial charge in [0.05, 0.1) is 6.10 Å². The third-order valence-electron chi connectivity index (χ3n) is 2.09. The van der Waals surface area contributed by atoms with Crippen molar-refractivity contribution in [3.63, 3.8) is 0 Å². The first-order chi connectivity index (χ1) is 4.33. The molecule has 0 N–H and O–H groups in total. The number of halogens is 1. The molecule has 0 aliphatic heterocycles. The largest absolute Gasteiger partial charge is 0.312 e. The summed E-state index contributed by atoms with van der Waals surface area (Å²) < 4.78 is 5.21. The fourth-order valence-corrected chi connectivity index (χ4v) is 1.83. The number of hydrogen-bond donors (Lipinski definition) is 0. The third kappa shape index (κ3) is 2.42. The van der Waals surface area contributed by atoms with Crippen molar-refractivity contribution >= 4 is 23.0 Å². The fraction of sp³-hybridized carbons (Fsp3) is 1.00. The van der Waals surface area contributed by atoms with E-state index in [1.807, 2.05) is 23.0 Å². The first-order valence-electron chi connectivity index (χ1n) is 3.60. The van der Waals surface area contributed by atoms with Crippen molar-refractivity contribution < 1.29 is 3.07 Å². The molecule has 0 spiro atoms. The number of hydrogen-bond acceptors (Lipinski definition) is 1. The molecule has 0 aromatic rings. The van der Waals surface area contributed by atoms with Crippen LogP contribution in [0.3, 0.4) is 0 Å².